The first-order valence-corrected chi connectivity index (χ1v) is 4.75. The molecule has 0 radical (unpaired) electrons. The third-order valence-corrected chi connectivity index (χ3v) is 3.14. The van der Waals surface area contributed by atoms with Gasteiger partial charge in [-0.1, -0.05) is 0 Å². The first-order valence-electron chi connectivity index (χ1n) is 4.75. The molecule has 3 heteroatoms. The maximum Gasteiger partial charge on any atom is 0.0966 e. The molecule has 3 nitrogen and oxygen atoms in total. The van der Waals surface area contributed by atoms with Crippen LogP contribution in [-0.2, 0) is 0 Å². The van der Waals surface area contributed by atoms with Gasteiger partial charge < -0.3 is 10.6 Å². The zero-order chi connectivity index (χ0) is 8.44. The zero-order valence-electron chi connectivity index (χ0n) is 7.69. The Morgan fingerprint density at radius 3 is 2.67 bits per heavy atom. The summed E-state index contributed by atoms with van der Waals surface area (Å²) in [7, 11) is 1.88. The Morgan fingerprint density at radius 1 is 1.33 bits per heavy atom. The van der Waals surface area contributed by atoms with Crippen molar-refractivity contribution in [1.82, 2.24) is 10.6 Å². The molecule has 2 fully saturated rings. The van der Waals surface area contributed by atoms with Crippen LogP contribution in [0.5, 0.6) is 0 Å². The van der Waals surface area contributed by atoms with Gasteiger partial charge >= 0.3 is 0 Å². The van der Waals surface area contributed by atoms with Crippen LogP contribution in [0.3, 0.4) is 0 Å². The van der Waals surface area contributed by atoms with Crippen LogP contribution in [0, 0.1) is 5.41 Å². The van der Waals surface area contributed by atoms with Gasteiger partial charge in [0.15, 0.2) is 0 Å². The van der Waals surface area contributed by atoms with E-state index < -0.39 is 0 Å². The molecule has 0 unspecified atom stereocenters. The Balaban J connectivity index is 2.03. The van der Waals surface area contributed by atoms with Gasteiger partial charge in [0.1, 0.15) is 0 Å². The van der Waals surface area contributed by atoms with E-state index >= 15 is 0 Å². The molecular formula is C9H17N3. The molecule has 0 atom stereocenters. The highest BCUT2D eigenvalue weighted by molar-refractivity contribution is 5.84. The smallest absolute Gasteiger partial charge is 0.0966 e. The fourth-order valence-corrected chi connectivity index (χ4v) is 2.24. The summed E-state index contributed by atoms with van der Waals surface area (Å²) in [6.45, 7) is 3.50. The Hall–Kier alpha value is -0.570. The summed E-state index contributed by atoms with van der Waals surface area (Å²) in [6, 6.07) is 0. The minimum Gasteiger partial charge on any atom is -0.373 e. The van der Waals surface area contributed by atoms with Crippen LogP contribution >= 0.6 is 0 Å². The van der Waals surface area contributed by atoms with Crippen molar-refractivity contribution in [2.75, 3.05) is 26.7 Å². The minimum atomic E-state index is 0.542. The predicted molar refractivity (Wildman–Crippen MR) is 50.5 cm³/mol. The maximum absolute atomic E-state index is 4.22. The summed E-state index contributed by atoms with van der Waals surface area (Å²) < 4.78 is 0. The van der Waals surface area contributed by atoms with E-state index in [9.17, 15) is 0 Å². The molecule has 12 heavy (non-hydrogen) atoms. The van der Waals surface area contributed by atoms with Gasteiger partial charge in [-0.3, -0.25) is 4.99 Å². The monoisotopic (exact) mass is 167 g/mol. The second-order valence-electron chi connectivity index (χ2n) is 3.95. The molecule has 68 valence electrons. The highest BCUT2D eigenvalue weighted by Gasteiger charge is 2.37. The summed E-state index contributed by atoms with van der Waals surface area (Å²) in [5.74, 6) is 1.21. The van der Waals surface area contributed by atoms with Crippen LogP contribution in [-0.4, -0.2) is 32.5 Å². The molecule has 1 spiro atoms. The van der Waals surface area contributed by atoms with Gasteiger partial charge in [-0.05, 0) is 31.3 Å². The number of nitrogens with one attached hydrogen (secondary N) is 2. The molecule has 0 aliphatic carbocycles. The van der Waals surface area contributed by atoms with E-state index in [-0.39, 0.29) is 0 Å². The van der Waals surface area contributed by atoms with Crippen molar-refractivity contribution >= 4 is 5.84 Å². The lowest BCUT2D eigenvalue weighted by Gasteiger charge is -2.32. The predicted octanol–water partition coefficient (Wildman–Crippen LogP) is 0.378. The number of piperidine rings is 1. The first-order chi connectivity index (χ1) is 5.85. The molecule has 2 aliphatic heterocycles. The normalized spacial score (nSPS) is 30.9. The van der Waals surface area contributed by atoms with Crippen LogP contribution < -0.4 is 10.6 Å². The van der Waals surface area contributed by atoms with Crippen LogP contribution in [0.4, 0.5) is 0 Å². The van der Waals surface area contributed by atoms with Gasteiger partial charge in [-0.2, -0.15) is 0 Å². The molecule has 2 saturated heterocycles. The molecule has 2 rings (SSSR count). The lowest BCUT2D eigenvalue weighted by Crippen LogP contribution is -2.37. The molecular weight excluding hydrogens is 150 g/mol. The zero-order valence-corrected chi connectivity index (χ0v) is 7.69. The molecule has 2 heterocycles. The molecule has 2 aliphatic rings. The first kappa shape index (κ1) is 8.05. The Labute approximate surface area is 73.6 Å². The maximum atomic E-state index is 4.22. The largest absolute Gasteiger partial charge is 0.373 e. The average Bonchev–Trinajstić information content (AvgIpc) is 2.50. The molecule has 0 amide bonds. The van der Waals surface area contributed by atoms with Crippen molar-refractivity contribution < 1.29 is 0 Å². The molecule has 0 aromatic heterocycles. The molecule has 2 N–H and O–H groups in total. The van der Waals surface area contributed by atoms with Gasteiger partial charge in [-0.15, -0.1) is 0 Å². The summed E-state index contributed by atoms with van der Waals surface area (Å²) in [5.41, 5.74) is 0.542. The van der Waals surface area contributed by atoms with Gasteiger partial charge in [0, 0.05) is 20.0 Å². The van der Waals surface area contributed by atoms with E-state index in [1.165, 1.54) is 38.2 Å². The topological polar surface area (TPSA) is 36.4 Å². The van der Waals surface area contributed by atoms with Gasteiger partial charge in [0.05, 0.1) is 5.84 Å². The number of nitrogens with zero attached hydrogens (tertiary/aromatic N) is 1. The van der Waals surface area contributed by atoms with Crippen molar-refractivity contribution in [3.63, 3.8) is 0 Å². The Kier molecular flexibility index (Phi) is 2.05. The summed E-state index contributed by atoms with van der Waals surface area (Å²) >= 11 is 0. The number of aliphatic imine (C=N–C) groups is 1. The second-order valence-corrected chi connectivity index (χ2v) is 3.95. The van der Waals surface area contributed by atoms with E-state index in [0.717, 1.165) is 6.54 Å². The van der Waals surface area contributed by atoms with Crippen molar-refractivity contribution in [2.24, 2.45) is 10.4 Å². The van der Waals surface area contributed by atoms with Crippen molar-refractivity contribution in [3.8, 4) is 0 Å². The Bertz CT molecular complexity index is 192. The number of hydrogen-bond acceptors (Lipinski definition) is 2. The highest BCUT2D eigenvalue weighted by Crippen LogP contribution is 2.35. The number of hydrogen-bond donors (Lipinski definition) is 2. The minimum absolute atomic E-state index is 0.542. The van der Waals surface area contributed by atoms with Gasteiger partial charge in [0.25, 0.3) is 0 Å². The fourth-order valence-electron chi connectivity index (χ4n) is 2.24. The number of amidine groups is 1. The Morgan fingerprint density at radius 2 is 2.08 bits per heavy atom. The van der Waals surface area contributed by atoms with E-state index in [0.29, 0.717) is 5.41 Å². The number of rotatable bonds is 0. The molecule has 0 aromatic carbocycles. The average molecular weight is 167 g/mol. The molecule has 0 aromatic rings. The summed E-state index contributed by atoms with van der Waals surface area (Å²) in [6.07, 6.45) is 3.78. The quantitative estimate of drug-likeness (QED) is 0.547. The van der Waals surface area contributed by atoms with Crippen LogP contribution in [0.1, 0.15) is 19.3 Å². The summed E-state index contributed by atoms with van der Waals surface area (Å²) in [5, 5.41) is 6.79. The third-order valence-electron chi connectivity index (χ3n) is 3.14. The second kappa shape index (κ2) is 3.05. The van der Waals surface area contributed by atoms with E-state index in [4.69, 9.17) is 0 Å². The van der Waals surface area contributed by atoms with E-state index in [1.54, 1.807) is 0 Å². The SMILES string of the molecule is CN=C1CC2(CCNCC2)CN1. The van der Waals surface area contributed by atoms with Gasteiger partial charge in [-0.25, -0.2) is 0 Å². The van der Waals surface area contributed by atoms with Crippen molar-refractivity contribution in [2.45, 2.75) is 19.3 Å². The van der Waals surface area contributed by atoms with Gasteiger partial charge in [0.2, 0.25) is 0 Å². The lowest BCUT2D eigenvalue weighted by molar-refractivity contribution is 0.234. The van der Waals surface area contributed by atoms with Crippen LogP contribution in [0.25, 0.3) is 0 Å². The summed E-state index contributed by atoms with van der Waals surface area (Å²) in [4.78, 5) is 4.22. The van der Waals surface area contributed by atoms with Crippen molar-refractivity contribution in [3.05, 3.63) is 0 Å². The van der Waals surface area contributed by atoms with Crippen molar-refractivity contribution in [1.29, 1.82) is 0 Å². The van der Waals surface area contributed by atoms with E-state index in [2.05, 4.69) is 15.6 Å². The fraction of sp³-hybridized carbons (Fsp3) is 0.889. The third kappa shape index (κ3) is 1.33. The molecule has 0 saturated carbocycles. The standard InChI is InChI=1S/C9H17N3/c1-10-8-6-9(7-12-8)2-4-11-5-3-9/h11H,2-7H2,1H3,(H,10,12). The molecule has 0 bridgehead atoms. The van der Waals surface area contributed by atoms with E-state index in [1.807, 2.05) is 7.05 Å². The lowest BCUT2D eigenvalue weighted by atomic mass is 9.78. The van der Waals surface area contributed by atoms with Crippen LogP contribution in [0.2, 0.25) is 0 Å². The van der Waals surface area contributed by atoms with Crippen LogP contribution in [0.15, 0.2) is 4.99 Å². The highest BCUT2D eigenvalue weighted by atomic mass is 15.0.